The summed E-state index contributed by atoms with van der Waals surface area (Å²) in [6, 6.07) is 15.2. The average molecular weight is 382 g/mol. The molecule has 1 aliphatic heterocycles. The third-order valence-electron chi connectivity index (χ3n) is 4.16. The Morgan fingerprint density at radius 1 is 1.15 bits per heavy atom. The molecule has 0 spiro atoms. The fraction of sp³-hybridized carbons (Fsp3) is 0.211. The molecule has 1 atom stereocenters. The first-order valence-corrected chi connectivity index (χ1v) is 9.32. The Morgan fingerprint density at radius 2 is 1.93 bits per heavy atom. The van der Waals surface area contributed by atoms with Gasteiger partial charge in [0.2, 0.25) is 12.7 Å². The molecule has 0 radical (unpaired) electrons. The van der Waals surface area contributed by atoms with Gasteiger partial charge in [0.15, 0.2) is 22.5 Å². The van der Waals surface area contributed by atoms with Crippen LogP contribution in [0.2, 0.25) is 0 Å². The van der Waals surface area contributed by atoms with E-state index in [2.05, 4.69) is 15.5 Å². The molecule has 1 aliphatic rings. The summed E-state index contributed by atoms with van der Waals surface area (Å²) >= 11 is 1.36. The average Bonchev–Trinajstić information content (AvgIpc) is 3.29. The number of rotatable bonds is 5. The van der Waals surface area contributed by atoms with E-state index >= 15 is 0 Å². The molecule has 1 unspecified atom stereocenters. The van der Waals surface area contributed by atoms with Crippen LogP contribution in [-0.2, 0) is 11.8 Å². The predicted octanol–water partition coefficient (Wildman–Crippen LogP) is 3.33. The lowest BCUT2D eigenvalue weighted by atomic mass is 10.2. The number of nitrogens with zero attached hydrogens (tertiary/aromatic N) is 3. The van der Waals surface area contributed by atoms with Gasteiger partial charge in [0.1, 0.15) is 0 Å². The number of carbonyl (C=O) groups excluding carboxylic acids is 1. The Kier molecular flexibility index (Phi) is 4.72. The summed E-state index contributed by atoms with van der Waals surface area (Å²) < 4.78 is 12.5. The first-order valence-electron chi connectivity index (χ1n) is 8.44. The number of ether oxygens (including phenoxy) is 2. The highest BCUT2D eigenvalue weighted by Gasteiger charge is 2.20. The molecule has 0 fully saturated rings. The van der Waals surface area contributed by atoms with E-state index in [0.29, 0.717) is 22.3 Å². The number of anilines is 1. The minimum Gasteiger partial charge on any atom is -0.454 e. The molecule has 138 valence electrons. The lowest BCUT2D eigenvalue weighted by molar-refractivity contribution is -0.115. The molecule has 3 aromatic rings. The van der Waals surface area contributed by atoms with Crippen molar-refractivity contribution in [2.45, 2.75) is 17.3 Å². The van der Waals surface area contributed by atoms with Crippen LogP contribution in [0.5, 0.6) is 11.5 Å². The van der Waals surface area contributed by atoms with Crippen molar-refractivity contribution in [1.82, 2.24) is 14.8 Å². The second-order valence-corrected chi connectivity index (χ2v) is 7.36. The molecule has 2 aromatic carbocycles. The third-order valence-corrected chi connectivity index (χ3v) is 5.29. The Hall–Kier alpha value is -3.00. The van der Waals surface area contributed by atoms with Crippen molar-refractivity contribution in [3.63, 3.8) is 0 Å². The van der Waals surface area contributed by atoms with Crippen LogP contribution in [0.4, 0.5) is 5.69 Å². The number of fused-ring (bicyclic) bond motifs is 1. The smallest absolute Gasteiger partial charge is 0.237 e. The topological polar surface area (TPSA) is 78.3 Å². The van der Waals surface area contributed by atoms with E-state index < -0.39 is 0 Å². The zero-order valence-corrected chi connectivity index (χ0v) is 15.7. The van der Waals surface area contributed by atoms with Gasteiger partial charge in [-0.1, -0.05) is 42.1 Å². The van der Waals surface area contributed by atoms with E-state index in [1.54, 1.807) is 18.2 Å². The second-order valence-electron chi connectivity index (χ2n) is 6.05. The highest BCUT2D eigenvalue weighted by molar-refractivity contribution is 8.00. The van der Waals surface area contributed by atoms with Crippen LogP contribution in [0.1, 0.15) is 6.92 Å². The van der Waals surface area contributed by atoms with Crippen LogP contribution < -0.4 is 14.8 Å². The number of amides is 1. The lowest BCUT2D eigenvalue weighted by Crippen LogP contribution is -2.22. The van der Waals surface area contributed by atoms with Gasteiger partial charge in [-0.15, -0.1) is 10.2 Å². The molecule has 1 aromatic heterocycles. The summed E-state index contributed by atoms with van der Waals surface area (Å²) in [6.45, 7) is 2.04. The molecule has 0 saturated carbocycles. The van der Waals surface area contributed by atoms with Gasteiger partial charge in [-0.25, -0.2) is 0 Å². The standard InChI is InChI=1S/C19H18N4O3S/c1-12(18(24)20-14-8-9-15-16(10-14)26-11-25-15)27-19-22-21-17(23(19)2)13-6-4-3-5-7-13/h3-10,12H,11H2,1-2H3,(H,20,24). The number of hydrogen-bond acceptors (Lipinski definition) is 6. The zero-order chi connectivity index (χ0) is 18.8. The molecular formula is C19H18N4O3S. The molecule has 1 N–H and O–H groups in total. The van der Waals surface area contributed by atoms with Crippen LogP contribution >= 0.6 is 11.8 Å². The van der Waals surface area contributed by atoms with Crippen molar-refractivity contribution in [1.29, 1.82) is 0 Å². The highest BCUT2D eigenvalue weighted by atomic mass is 32.2. The maximum atomic E-state index is 12.5. The molecule has 1 amide bonds. The molecule has 0 saturated heterocycles. The van der Waals surface area contributed by atoms with Crippen molar-refractivity contribution in [2.75, 3.05) is 12.1 Å². The van der Waals surface area contributed by atoms with Crippen molar-refractivity contribution in [2.24, 2.45) is 7.05 Å². The Bertz CT molecular complexity index is 974. The number of carbonyl (C=O) groups is 1. The van der Waals surface area contributed by atoms with Gasteiger partial charge < -0.3 is 19.4 Å². The quantitative estimate of drug-likeness (QED) is 0.682. The van der Waals surface area contributed by atoms with Crippen molar-refractivity contribution in [3.05, 3.63) is 48.5 Å². The Morgan fingerprint density at radius 3 is 2.74 bits per heavy atom. The number of aromatic nitrogens is 3. The number of thioether (sulfide) groups is 1. The van der Waals surface area contributed by atoms with E-state index in [-0.39, 0.29) is 18.0 Å². The van der Waals surface area contributed by atoms with Gasteiger partial charge in [0.25, 0.3) is 0 Å². The van der Waals surface area contributed by atoms with Gasteiger partial charge in [-0.2, -0.15) is 0 Å². The van der Waals surface area contributed by atoms with Crippen LogP contribution in [0.3, 0.4) is 0 Å². The van der Waals surface area contributed by atoms with Gasteiger partial charge in [-0.05, 0) is 19.1 Å². The second kappa shape index (κ2) is 7.32. The Labute approximate surface area is 160 Å². The van der Waals surface area contributed by atoms with Crippen molar-refractivity contribution >= 4 is 23.4 Å². The molecule has 0 bridgehead atoms. The van der Waals surface area contributed by atoms with Crippen LogP contribution in [0.25, 0.3) is 11.4 Å². The zero-order valence-electron chi connectivity index (χ0n) is 14.9. The van der Waals surface area contributed by atoms with Crippen LogP contribution in [0, 0.1) is 0 Å². The summed E-state index contributed by atoms with van der Waals surface area (Å²) in [4.78, 5) is 12.5. The monoisotopic (exact) mass is 382 g/mol. The van der Waals surface area contributed by atoms with Crippen molar-refractivity contribution < 1.29 is 14.3 Å². The third kappa shape index (κ3) is 3.61. The molecule has 8 heteroatoms. The molecule has 7 nitrogen and oxygen atoms in total. The maximum Gasteiger partial charge on any atom is 0.237 e. The summed E-state index contributed by atoms with van der Waals surface area (Å²) in [7, 11) is 1.90. The predicted molar refractivity (Wildman–Crippen MR) is 103 cm³/mol. The molecule has 0 aliphatic carbocycles. The summed E-state index contributed by atoms with van der Waals surface area (Å²) in [5.41, 5.74) is 1.65. The van der Waals surface area contributed by atoms with E-state index in [9.17, 15) is 4.79 Å². The first kappa shape index (κ1) is 17.4. The largest absolute Gasteiger partial charge is 0.454 e. The molecule has 27 heavy (non-hydrogen) atoms. The SMILES string of the molecule is CC(Sc1nnc(-c2ccccc2)n1C)C(=O)Nc1ccc2c(c1)OCO2. The summed E-state index contributed by atoms with van der Waals surface area (Å²) in [5.74, 6) is 1.96. The lowest BCUT2D eigenvalue weighted by Gasteiger charge is -2.12. The van der Waals surface area contributed by atoms with Crippen LogP contribution in [-0.4, -0.2) is 32.7 Å². The van der Waals surface area contributed by atoms with Crippen molar-refractivity contribution in [3.8, 4) is 22.9 Å². The number of nitrogens with one attached hydrogen (secondary N) is 1. The number of benzene rings is 2. The maximum absolute atomic E-state index is 12.5. The fourth-order valence-electron chi connectivity index (χ4n) is 2.69. The van der Waals surface area contributed by atoms with E-state index in [1.165, 1.54) is 11.8 Å². The van der Waals surface area contributed by atoms with E-state index in [4.69, 9.17) is 9.47 Å². The van der Waals surface area contributed by atoms with E-state index in [1.807, 2.05) is 48.9 Å². The normalized spacial score (nSPS) is 13.4. The van der Waals surface area contributed by atoms with E-state index in [0.717, 1.165) is 11.4 Å². The molecule has 2 heterocycles. The summed E-state index contributed by atoms with van der Waals surface area (Å²) in [6.07, 6.45) is 0. The van der Waals surface area contributed by atoms with Gasteiger partial charge in [-0.3, -0.25) is 4.79 Å². The van der Waals surface area contributed by atoms with Gasteiger partial charge >= 0.3 is 0 Å². The summed E-state index contributed by atoms with van der Waals surface area (Å²) in [5, 5.41) is 11.7. The highest BCUT2D eigenvalue weighted by Crippen LogP contribution is 2.34. The fourth-order valence-corrected chi connectivity index (χ4v) is 3.50. The van der Waals surface area contributed by atoms with Crippen LogP contribution in [0.15, 0.2) is 53.7 Å². The molecular weight excluding hydrogens is 364 g/mol. The van der Waals surface area contributed by atoms with Gasteiger partial charge in [0, 0.05) is 24.4 Å². The molecule has 4 rings (SSSR count). The number of hydrogen-bond donors (Lipinski definition) is 1. The first-order chi connectivity index (χ1) is 13.1. The van der Waals surface area contributed by atoms with Gasteiger partial charge in [0.05, 0.1) is 5.25 Å². The minimum atomic E-state index is -0.345. The minimum absolute atomic E-state index is 0.122. The Balaban J connectivity index is 1.44.